The van der Waals surface area contributed by atoms with Crippen LogP contribution in [0.5, 0.6) is 0 Å². The van der Waals surface area contributed by atoms with E-state index in [2.05, 4.69) is 29.6 Å². The molecule has 3 heteroatoms. The standard InChI is InChI=1S/C13H19NOS/c1-10(15)6-7-14-8-11-9-16-13-5-3-2-4-12(11)13/h2-5,10-11,14-15H,6-9H2,1H3. The third-order valence-electron chi connectivity index (χ3n) is 2.93. The SMILES string of the molecule is CC(O)CCNCC1CSc2ccccc21. The Morgan fingerprint density at radius 3 is 3.12 bits per heavy atom. The van der Waals surface area contributed by atoms with E-state index >= 15 is 0 Å². The molecule has 0 saturated carbocycles. The summed E-state index contributed by atoms with van der Waals surface area (Å²) in [5, 5.41) is 12.6. The van der Waals surface area contributed by atoms with Crippen molar-refractivity contribution < 1.29 is 5.11 Å². The van der Waals surface area contributed by atoms with Crippen LogP contribution >= 0.6 is 11.8 Å². The lowest BCUT2D eigenvalue weighted by Gasteiger charge is -2.12. The summed E-state index contributed by atoms with van der Waals surface area (Å²) < 4.78 is 0. The second-order valence-corrected chi connectivity index (χ2v) is 5.45. The van der Waals surface area contributed by atoms with Crippen molar-refractivity contribution in [2.45, 2.75) is 30.3 Å². The second kappa shape index (κ2) is 5.71. The molecule has 0 aromatic heterocycles. The molecule has 2 N–H and O–H groups in total. The molecule has 16 heavy (non-hydrogen) atoms. The van der Waals surface area contributed by atoms with Gasteiger partial charge in [0.05, 0.1) is 6.10 Å². The lowest BCUT2D eigenvalue weighted by molar-refractivity contribution is 0.183. The molecular weight excluding hydrogens is 218 g/mol. The van der Waals surface area contributed by atoms with Crippen molar-refractivity contribution in [2.24, 2.45) is 0 Å². The number of rotatable bonds is 5. The lowest BCUT2D eigenvalue weighted by Crippen LogP contribution is -2.24. The lowest BCUT2D eigenvalue weighted by atomic mass is 10.0. The van der Waals surface area contributed by atoms with Crippen LogP contribution in [0.1, 0.15) is 24.8 Å². The Bertz CT molecular complexity index is 340. The average molecular weight is 237 g/mol. The average Bonchev–Trinajstić information content (AvgIpc) is 2.68. The molecule has 1 aromatic carbocycles. The van der Waals surface area contributed by atoms with Crippen molar-refractivity contribution in [3.63, 3.8) is 0 Å². The van der Waals surface area contributed by atoms with Crippen LogP contribution in [0.25, 0.3) is 0 Å². The van der Waals surface area contributed by atoms with E-state index < -0.39 is 0 Å². The van der Waals surface area contributed by atoms with E-state index in [1.165, 1.54) is 16.2 Å². The van der Waals surface area contributed by atoms with Crippen LogP contribution in [0.3, 0.4) is 0 Å². The van der Waals surface area contributed by atoms with Gasteiger partial charge in [0.15, 0.2) is 0 Å². The van der Waals surface area contributed by atoms with E-state index in [0.717, 1.165) is 19.5 Å². The Morgan fingerprint density at radius 2 is 2.31 bits per heavy atom. The van der Waals surface area contributed by atoms with Crippen LogP contribution in [0.15, 0.2) is 29.2 Å². The van der Waals surface area contributed by atoms with Gasteiger partial charge in [-0.3, -0.25) is 0 Å². The van der Waals surface area contributed by atoms with Gasteiger partial charge >= 0.3 is 0 Å². The number of aliphatic hydroxyl groups is 1. The van der Waals surface area contributed by atoms with Crippen molar-refractivity contribution in [2.75, 3.05) is 18.8 Å². The van der Waals surface area contributed by atoms with Crippen molar-refractivity contribution in [3.8, 4) is 0 Å². The molecule has 2 nitrogen and oxygen atoms in total. The van der Waals surface area contributed by atoms with E-state index in [9.17, 15) is 0 Å². The first kappa shape index (κ1) is 12.0. The summed E-state index contributed by atoms with van der Waals surface area (Å²) in [4.78, 5) is 1.44. The summed E-state index contributed by atoms with van der Waals surface area (Å²) in [6.45, 7) is 3.76. The van der Waals surface area contributed by atoms with Crippen molar-refractivity contribution in [1.29, 1.82) is 0 Å². The van der Waals surface area contributed by atoms with E-state index in [0.29, 0.717) is 5.92 Å². The normalized spacial score (nSPS) is 20.8. The van der Waals surface area contributed by atoms with Crippen molar-refractivity contribution in [3.05, 3.63) is 29.8 Å². The van der Waals surface area contributed by atoms with Crippen molar-refractivity contribution >= 4 is 11.8 Å². The number of hydrogen-bond donors (Lipinski definition) is 2. The molecule has 0 aliphatic carbocycles. The fraction of sp³-hybridized carbons (Fsp3) is 0.538. The molecule has 2 rings (SSSR count). The molecule has 1 heterocycles. The van der Waals surface area contributed by atoms with Crippen molar-refractivity contribution in [1.82, 2.24) is 5.32 Å². The maximum atomic E-state index is 9.16. The fourth-order valence-corrected chi connectivity index (χ4v) is 3.24. The first-order chi connectivity index (χ1) is 7.77. The molecule has 0 spiro atoms. The summed E-state index contributed by atoms with van der Waals surface area (Å²) in [5.41, 5.74) is 1.48. The number of fused-ring (bicyclic) bond motifs is 1. The quantitative estimate of drug-likeness (QED) is 0.770. The van der Waals surface area contributed by atoms with Crippen LogP contribution in [-0.4, -0.2) is 30.1 Å². The molecule has 88 valence electrons. The smallest absolute Gasteiger partial charge is 0.0524 e. The third kappa shape index (κ3) is 3.00. The minimum Gasteiger partial charge on any atom is -0.393 e. The Hall–Kier alpha value is -0.510. The highest BCUT2D eigenvalue weighted by Crippen LogP contribution is 2.38. The van der Waals surface area contributed by atoms with Crippen LogP contribution < -0.4 is 5.32 Å². The van der Waals surface area contributed by atoms with Gasteiger partial charge in [0.1, 0.15) is 0 Å². The van der Waals surface area contributed by atoms with Gasteiger partial charge in [-0.2, -0.15) is 0 Å². The zero-order valence-electron chi connectivity index (χ0n) is 9.65. The predicted molar refractivity (Wildman–Crippen MR) is 69.1 cm³/mol. The molecule has 1 aliphatic heterocycles. The number of nitrogens with one attached hydrogen (secondary N) is 1. The fourth-order valence-electron chi connectivity index (χ4n) is 1.99. The molecule has 2 unspecified atom stereocenters. The Labute approximate surface area is 101 Å². The first-order valence-electron chi connectivity index (χ1n) is 5.88. The van der Waals surface area contributed by atoms with Gasteiger partial charge < -0.3 is 10.4 Å². The Morgan fingerprint density at radius 1 is 1.50 bits per heavy atom. The third-order valence-corrected chi connectivity index (χ3v) is 4.18. The molecule has 1 aliphatic rings. The first-order valence-corrected chi connectivity index (χ1v) is 6.86. The molecule has 0 radical (unpaired) electrons. The maximum Gasteiger partial charge on any atom is 0.0524 e. The van der Waals surface area contributed by atoms with Crippen LogP contribution in [-0.2, 0) is 0 Å². The van der Waals surface area contributed by atoms with Gasteiger partial charge in [-0.05, 0) is 31.5 Å². The zero-order valence-corrected chi connectivity index (χ0v) is 10.5. The summed E-state index contributed by atoms with van der Waals surface area (Å²) in [6, 6.07) is 8.66. The molecule has 0 amide bonds. The second-order valence-electron chi connectivity index (χ2n) is 4.39. The highest BCUT2D eigenvalue weighted by Gasteiger charge is 2.21. The predicted octanol–water partition coefficient (Wildman–Crippen LogP) is 2.24. The van der Waals surface area contributed by atoms with Gasteiger partial charge in [-0.25, -0.2) is 0 Å². The molecule has 0 fully saturated rings. The van der Waals surface area contributed by atoms with E-state index in [-0.39, 0.29) is 6.10 Å². The monoisotopic (exact) mass is 237 g/mol. The minimum absolute atomic E-state index is 0.197. The summed E-state index contributed by atoms with van der Waals surface area (Å²) in [7, 11) is 0. The van der Waals surface area contributed by atoms with Crippen LogP contribution in [0.4, 0.5) is 0 Å². The molecule has 0 saturated heterocycles. The Balaban J connectivity index is 1.80. The zero-order chi connectivity index (χ0) is 11.4. The number of thioether (sulfide) groups is 1. The Kier molecular flexibility index (Phi) is 4.27. The van der Waals surface area contributed by atoms with Gasteiger partial charge in [0.25, 0.3) is 0 Å². The topological polar surface area (TPSA) is 32.3 Å². The summed E-state index contributed by atoms with van der Waals surface area (Å²) in [5.74, 6) is 1.82. The number of benzene rings is 1. The van der Waals surface area contributed by atoms with Crippen LogP contribution in [0, 0.1) is 0 Å². The van der Waals surface area contributed by atoms with E-state index in [1.807, 2.05) is 18.7 Å². The van der Waals surface area contributed by atoms with E-state index in [1.54, 1.807) is 0 Å². The highest BCUT2D eigenvalue weighted by molar-refractivity contribution is 7.99. The van der Waals surface area contributed by atoms with Gasteiger partial charge in [0, 0.05) is 23.1 Å². The largest absolute Gasteiger partial charge is 0.393 e. The van der Waals surface area contributed by atoms with E-state index in [4.69, 9.17) is 5.11 Å². The molecule has 1 aromatic rings. The highest BCUT2D eigenvalue weighted by atomic mass is 32.2. The minimum atomic E-state index is -0.197. The van der Waals surface area contributed by atoms with Gasteiger partial charge in [0.2, 0.25) is 0 Å². The molecule has 2 atom stereocenters. The van der Waals surface area contributed by atoms with Gasteiger partial charge in [-0.15, -0.1) is 11.8 Å². The molecular formula is C13H19NOS. The molecule has 0 bridgehead atoms. The summed E-state index contributed by atoms with van der Waals surface area (Å²) in [6.07, 6.45) is 0.638. The van der Waals surface area contributed by atoms with Gasteiger partial charge in [-0.1, -0.05) is 18.2 Å². The van der Waals surface area contributed by atoms with Crippen LogP contribution in [0.2, 0.25) is 0 Å². The summed E-state index contributed by atoms with van der Waals surface area (Å²) >= 11 is 1.95. The number of aliphatic hydroxyl groups excluding tert-OH is 1. The maximum absolute atomic E-state index is 9.16. The number of hydrogen-bond acceptors (Lipinski definition) is 3.